The van der Waals surface area contributed by atoms with Gasteiger partial charge in [0.25, 0.3) is 5.91 Å². The predicted octanol–water partition coefficient (Wildman–Crippen LogP) is 5.15. The van der Waals surface area contributed by atoms with Gasteiger partial charge in [-0.3, -0.25) is 4.79 Å². The summed E-state index contributed by atoms with van der Waals surface area (Å²) >= 11 is 18.3. The topological polar surface area (TPSA) is 29.1 Å². The molecule has 1 aliphatic heterocycles. The molecule has 0 atom stereocenters. The highest BCUT2D eigenvalue weighted by atomic mass is 35.5. The predicted molar refractivity (Wildman–Crippen MR) is 98.2 cm³/mol. The molecule has 0 aliphatic carbocycles. The van der Waals surface area contributed by atoms with Crippen molar-refractivity contribution in [2.24, 2.45) is 0 Å². The first kappa shape index (κ1) is 15.6. The van der Waals surface area contributed by atoms with E-state index in [1.807, 2.05) is 42.5 Å². The molecule has 0 saturated carbocycles. The summed E-state index contributed by atoms with van der Waals surface area (Å²) in [5.41, 5.74) is 2.82. The lowest BCUT2D eigenvalue weighted by Crippen LogP contribution is -2.17. The maximum Gasteiger partial charge on any atom is 0.263 e. The maximum atomic E-state index is 11.7. The Balaban J connectivity index is 1.98. The van der Waals surface area contributed by atoms with Gasteiger partial charge in [0.2, 0.25) is 0 Å². The van der Waals surface area contributed by atoms with E-state index >= 15 is 0 Å². The fourth-order valence-electron chi connectivity index (χ4n) is 2.10. The van der Waals surface area contributed by atoms with E-state index in [1.165, 1.54) is 11.8 Å². The van der Waals surface area contributed by atoms with E-state index in [9.17, 15) is 4.79 Å². The van der Waals surface area contributed by atoms with E-state index in [1.54, 1.807) is 6.07 Å². The van der Waals surface area contributed by atoms with E-state index in [4.69, 9.17) is 35.4 Å². The zero-order chi connectivity index (χ0) is 15.7. The molecule has 0 aromatic heterocycles. The van der Waals surface area contributed by atoms with E-state index in [0.29, 0.717) is 19.3 Å². The Labute approximate surface area is 147 Å². The van der Waals surface area contributed by atoms with E-state index in [2.05, 4.69) is 5.32 Å². The van der Waals surface area contributed by atoms with Crippen molar-refractivity contribution in [3.63, 3.8) is 0 Å². The molecule has 0 radical (unpaired) electrons. The van der Waals surface area contributed by atoms with Gasteiger partial charge in [-0.25, -0.2) is 0 Å². The second kappa shape index (κ2) is 6.42. The molecule has 6 heteroatoms. The van der Waals surface area contributed by atoms with Gasteiger partial charge >= 0.3 is 0 Å². The molecular weight excluding hydrogens is 357 g/mol. The molecule has 1 amide bonds. The average molecular weight is 366 g/mol. The number of amides is 1. The van der Waals surface area contributed by atoms with Crippen LogP contribution in [0.1, 0.15) is 5.56 Å². The second-order valence-electron chi connectivity index (χ2n) is 4.64. The van der Waals surface area contributed by atoms with Crippen LogP contribution in [0.2, 0.25) is 10.0 Å². The Morgan fingerprint density at radius 2 is 1.77 bits per heavy atom. The van der Waals surface area contributed by atoms with Gasteiger partial charge < -0.3 is 5.32 Å². The highest BCUT2D eigenvalue weighted by Crippen LogP contribution is 2.30. The number of hydrogen-bond donors (Lipinski definition) is 1. The highest BCUT2D eigenvalue weighted by molar-refractivity contribution is 8.26. The third-order valence-corrected chi connectivity index (χ3v) is 4.62. The maximum absolute atomic E-state index is 11.7. The van der Waals surface area contributed by atoms with Crippen LogP contribution in [0.15, 0.2) is 47.4 Å². The van der Waals surface area contributed by atoms with Gasteiger partial charge in [-0.1, -0.05) is 65.4 Å². The van der Waals surface area contributed by atoms with Crippen molar-refractivity contribution < 1.29 is 4.79 Å². The molecule has 2 aromatic rings. The lowest BCUT2D eigenvalue weighted by atomic mass is 10.0. The van der Waals surface area contributed by atoms with Crippen LogP contribution in [0, 0.1) is 0 Å². The van der Waals surface area contributed by atoms with Gasteiger partial charge in [0.15, 0.2) is 0 Å². The lowest BCUT2D eigenvalue weighted by Gasteiger charge is -2.05. The van der Waals surface area contributed by atoms with Crippen molar-refractivity contribution in [1.29, 1.82) is 0 Å². The molecule has 22 heavy (non-hydrogen) atoms. The Morgan fingerprint density at radius 1 is 1.05 bits per heavy atom. The zero-order valence-corrected chi connectivity index (χ0v) is 14.2. The number of thiocarbonyl (C=S) groups is 1. The smallest absolute Gasteiger partial charge is 0.263 e. The van der Waals surface area contributed by atoms with Gasteiger partial charge in [-0.15, -0.1) is 0 Å². The Hall–Kier alpha value is -1.33. The molecular formula is C16H9Cl2NOS2. The Bertz CT molecular complexity index is 797. The number of rotatable bonds is 2. The van der Waals surface area contributed by atoms with Crippen LogP contribution in [0.5, 0.6) is 0 Å². The van der Waals surface area contributed by atoms with Gasteiger partial charge in [-0.2, -0.15) is 0 Å². The summed E-state index contributed by atoms with van der Waals surface area (Å²) in [6.45, 7) is 0. The monoisotopic (exact) mass is 365 g/mol. The Kier molecular flexibility index (Phi) is 4.54. The number of carbonyl (C=O) groups excluding carboxylic acids is 1. The summed E-state index contributed by atoms with van der Waals surface area (Å²) in [7, 11) is 0. The molecule has 3 rings (SSSR count). The van der Waals surface area contributed by atoms with Gasteiger partial charge in [0.1, 0.15) is 4.32 Å². The fraction of sp³-hybridized carbons (Fsp3) is 0. The number of benzene rings is 2. The van der Waals surface area contributed by atoms with Crippen molar-refractivity contribution >= 4 is 63.5 Å². The number of carbonyl (C=O) groups is 1. The largest absolute Gasteiger partial charge is 0.307 e. The molecule has 0 unspecified atom stereocenters. The van der Waals surface area contributed by atoms with Crippen molar-refractivity contribution in [2.45, 2.75) is 0 Å². The van der Waals surface area contributed by atoms with Crippen molar-refractivity contribution in [3.8, 4) is 11.1 Å². The second-order valence-corrected chi connectivity index (χ2v) is 7.23. The summed E-state index contributed by atoms with van der Waals surface area (Å²) in [6.07, 6.45) is 1.81. The van der Waals surface area contributed by atoms with E-state index in [0.717, 1.165) is 16.7 Å². The number of nitrogens with one attached hydrogen (secondary N) is 1. The summed E-state index contributed by atoms with van der Waals surface area (Å²) in [5.74, 6) is -0.161. The fourth-order valence-corrected chi connectivity index (χ4v) is 3.67. The van der Waals surface area contributed by atoms with Crippen molar-refractivity contribution in [1.82, 2.24) is 5.32 Å². The van der Waals surface area contributed by atoms with E-state index < -0.39 is 0 Å². The summed E-state index contributed by atoms with van der Waals surface area (Å²) in [4.78, 5) is 12.3. The highest BCUT2D eigenvalue weighted by Gasteiger charge is 2.21. The summed E-state index contributed by atoms with van der Waals surface area (Å²) < 4.78 is 0.481. The van der Waals surface area contributed by atoms with Crippen LogP contribution >= 0.6 is 47.2 Å². The van der Waals surface area contributed by atoms with Crippen LogP contribution in [0.3, 0.4) is 0 Å². The summed E-state index contributed by atoms with van der Waals surface area (Å²) in [6, 6.07) is 13.2. The number of thioether (sulfide) groups is 1. The first-order chi connectivity index (χ1) is 10.5. The number of hydrogen-bond acceptors (Lipinski definition) is 3. The lowest BCUT2D eigenvalue weighted by molar-refractivity contribution is -0.115. The average Bonchev–Trinajstić information content (AvgIpc) is 2.76. The summed E-state index contributed by atoms with van der Waals surface area (Å²) in [5, 5.41) is 3.77. The minimum atomic E-state index is -0.161. The third-order valence-electron chi connectivity index (χ3n) is 3.02. The Morgan fingerprint density at radius 3 is 2.41 bits per heavy atom. The van der Waals surface area contributed by atoms with Crippen LogP contribution in [-0.2, 0) is 4.79 Å². The molecule has 2 nitrogen and oxygen atoms in total. The van der Waals surface area contributed by atoms with Crippen LogP contribution in [0.25, 0.3) is 17.2 Å². The van der Waals surface area contributed by atoms with Crippen LogP contribution in [-0.4, -0.2) is 10.2 Å². The SMILES string of the molecule is O=C1NC(=S)SC1=Cc1cccc(-c2cc(Cl)cc(Cl)c2)c1. The third kappa shape index (κ3) is 3.52. The molecule has 1 aliphatic rings. The molecule has 1 saturated heterocycles. The first-order valence-corrected chi connectivity index (χ1v) is 8.31. The van der Waals surface area contributed by atoms with Gasteiger partial charge in [0.05, 0.1) is 4.91 Å². The quantitative estimate of drug-likeness (QED) is 0.589. The standard InChI is InChI=1S/C16H9Cl2NOS2/c17-12-6-11(7-13(18)8-12)10-3-1-2-9(4-10)5-14-15(20)19-16(21)22-14/h1-8H,(H,19,20,21). The molecule has 2 aromatic carbocycles. The molecule has 1 N–H and O–H groups in total. The van der Waals surface area contributed by atoms with Crippen molar-refractivity contribution in [3.05, 3.63) is 63.0 Å². The minimum Gasteiger partial charge on any atom is -0.307 e. The normalized spacial score (nSPS) is 16.2. The van der Waals surface area contributed by atoms with Gasteiger partial charge in [-0.05, 0) is 47.0 Å². The van der Waals surface area contributed by atoms with Crippen LogP contribution in [0.4, 0.5) is 0 Å². The van der Waals surface area contributed by atoms with Crippen molar-refractivity contribution in [2.75, 3.05) is 0 Å². The molecule has 0 bridgehead atoms. The molecule has 110 valence electrons. The number of halogens is 2. The molecule has 1 fully saturated rings. The minimum absolute atomic E-state index is 0.161. The first-order valence-electron chi connectivity index (χ1n) is 6.33. The molecule has 0 spiro atoms. The van der Waals surface area contributed by atoms with E-state index in [-0.39, 0.29) is 5.91 Å². The van der Waals surface area contributed by atoms with Crippen LogP contribution < -0.4 is 5.32 Å². The zero-order valence-electron chi connectivity index (χ0n) is 11.1. The van der Waals surface area contributed by atoms with Gasteiger partial charge in [0, 0.05) is 10.0 Å². The molecule has 1 heterocycles.